The largest absolute Gasteiger partial charge is 0.376 e. The third-order valence-electron chi connectivity index (χ3n) is 2.76. The number of nitrogens with one attached hydrogen (secondary N) is 1. The lowest BCUT2D eigenvalue weighted by Crippen LogP contribution is -2.27. The van der Waals surface area contributed by atoms with E-state index in [0.29, 0.717) is 12.1 Å². The maximum atomic E-state index is 5.63. The summed E-state index contributed by atoms with van der Waals surface area (Å²) in [4.78, 5) is 8.09. The highest BCUT2D eigenvalue weighted by Crippen LogP contribution is 2.15. The first-order valence-corrected chi connectivity index (χ1v) is 5.70. The molecule has 1 aromatic rings. The van der Waals surface area contributed by atoms with Gasteiger partial charge in [0.25, 0.3) is 0 Å². The lowest BCUT2D eigenvalue weighted by molar-refractivity contribution is 0.0247. The molecule has 1 saturated heterocycles. The summed E-state index contributed by atoms with van der Waals surface area (Å²) >= 11 is 0. The normalized spacial score (nSPS) is 20.7. The smallest absolute Gasteiger partial charge is 0.221 e. The summed E-state index contributed by atoms with van der Waals surface area (Å²) < 4.78 is 5.63. The van der Waals surface area contributed by atoms with Crippen molar-refractivity contribution < 1.29 is 4.74 Å². The molecule has 88 valence electrons. The summed E-state index contributed by atoms with van der Waals surface area (Å²) in [5.41, 5.74) is 6.55. The Bertz CT molecular complexity index is 350. The average molecular weight is 222 g/mol. The molecule has 0 bridgehead atoms. The molecule has 3 N–H and O–H groups in total. The number of nitrogen functional groups attached to an aromatic ring is 1. The predicted molar refractivity (Wildman–Crippen MR) is 63.3 cm³/mol. The van der Waals surface area contributed by atoms with E-state index in [1.165, 1.54) is 12.8 Å². The van der Waals surface area contributed by atoms with Crippen molar-refractivity contribution >= 4 is 11.8 Å². The molecule has 5 nitrogen and oxygen atoms in total. The van der Waals surface area contributed by atoms with Gasteiger partial charge in [-0.2, -0.15) is 4.98 Å². The molecule has 0 spiro atoms. The highest BCUT2D eigenvalue weighted by molar-refractivity contribution is 5.45. The van der Waals surface area contributed by atoms with E-state index in [4.69, 9.17) is 10.5 Å². The van der Waals surface area contributed by atoms with Crippen LogP contribution in [0.3, 0.4) is 0 Å². The monoisotopic (exact) mass is 222 g/mol. The third kappa shape index (κ3) is 2.82. The van der Waals surface area contributed by atoms with E-state index in [0.717, 1.165) is 31.0 Å². The maximum Gasteiger partial charge on any atom is 0.221 e. The summed E-state index contributed by atoms with van der Waals surface area (Å²) in [6, 6.07) is 0. The Morgan fingerprint density at radius 2 is 2.44 bits per heavy atom. The second-order valence-corrected chi connectivity index (χ2v) is 4.13. The fourth-order valence-corrected chi connectivity index (χ4v) is 1.81. The van der Waals surface area contributed by atoms with Gasteiger partial charge in [0.1, 0.15) is 5.82 Å². The average Bonchev–Trinajstić information content (AvgIpc) is 2.32. The van der Waals surface area contributed by atoms with Crippen LogP contribution in [-0.2, 0) is 4.74 Å². The second kappa shape index (κ2) is 5.12. The zero-order chi connectivity index (χ0) is 11.4. The van der Waals surface area contributed by atoms with Gasteiger partial charge < -0.3 is 15.8 Å². The Morgan fingerprint density at radius 1 is 1.56 bits per heavy atom. The number of aryl methyl sites for hydroxylation is 1. The quantitative estimate of drug-likeness (QED) is 0.807. The van der Waals surface area contributed by atoms with E-state index in [-0.39, 0.29) is 0 Å². The molecular weight excluding hydrogens is 204 g/mol. The van der Waals surface area contributed by atoms with E-state index < -0.39 is 0 Å². The maximum absolute atomic E-state index is 5.63. The molecule has 1 fully saturated rings. The topological polar surface area (TPSA) is 73.1 Å². The van der Waals surface area contributed by atoms with Crippen LogP contribution in [0.5, 0.6) is 0 Å². The van der Waals surface area contributed by atoms with Crippen molar-refractivity contribution in [2.45, 2.75) is 32.3 Å². The molecule has 5 heteroatoms. The predicted octanol–water partition coefficient (Wildman–Crippen LogP) is 1.35. The minimum Gasteiger partial charge on any atom is -0.376 e. The number of aromatic nitrogens is 2. The lowest BCUT2D eigenvalue weighted by Gasteiger charge is -2.23. The van der Waals surface area contributed by atoms with Crippen LogP contribution >= 0.6 is 0 Å². The molecule has 2 heterocycles. The van der Waals surface area contributed by atoms with Gasteiger partial charge in [-0.3, -0.25) is 0 Å². The first-order chi connectivity index (χ1) is 7.75. The van der Waals surface area contributed by atoms with Gasteiger partial charge >= 0.3 is 0 Å². The Labute approximate surface area is 95.4 Å². The molecule has 0 aromatic carbocycles. The van der Waals surface area contributed by atoms with Gasteiger partial charge in [-0.05, 0) is 26.2 Å². The van der Waals surface area contributed by atoms with Crippen LogP contribution in [0.15, 0.2) is 6.20 Å². The van der Waals surface area contributed by atoms with Crippen LogP contribution in [-0.4, -0.2) is 29.2 Å². The highest BCUT2D eigenvalue weighted by Gasteiger charge is 2.14. The van der Waals surface area contributed by atoms with Crippen molar-refractivity contribution in [3.8, 4) is 0 Å². The van der Waals surface area contributed by atoms with E-state index in [9.17, 15) is 0 Å². The fraction of sp³-hybridized carbons (Fsp3) is 0.636. The minimum atomic E-state index is 0.296. The molecule has 0 aliphatic carbocycles. The fourth-order valence-electron chi connectivity index (χ4n) is 1.81. The number of anilines is 2. The number of rotatable bonds is 3. The van der Waals surface area contributed by atoms with Crippen molar-refractivity contribution in [3.63, 3.8) is 0 Å². The minimum absolute atomic E-state index is 0.296. The van der Waals surface area contributed by atoms with Crippen molar-refractivity contribution in [1.29, 1.82) is 0 Å². The molecule has 0 saturated carbocycles. The van der Waals surface area contributed by atoms with Gasteiger partial charge in [0.15, 0.2) is 0 Å². The number of hydrogen-bond acceptors (Lipinski definition) is 5. The SMILES string of the molecule is Cc1cnc(N)nc1NCC1CCCCO1. The van der Waals surface area contributed by atoms with E-state index in [1.54, 1.807) is 6.20 Å². The van der Waals surface area contributed by atoms with Gasteiger partial charge in [0.2, 0.25) is 5.95 Å². The van der Waals surface area contributed by atoms with Gasteiger partial charge in [-0.25, -0.2) is 4.98 Å². The molecule has 1 aliphatic heterocycles. The summed E-state index contributed by atoms with van der Waals surface area (Å²) in [7, 11) is 0. The molecule has 0 radical (unpaired) electrons. The summed E-state index contributed by atoms with van der Waals surface area (Å²) in [6.45, 7) is 3.62. The number of hydrogen-bond donors (Lipinski definition) is 2. The molecule has 1 atom stereocenters. The molecule has 1 aromatic heterocycles. The number of nitrogens with two attached hydrogens (primary N) is 1. The molecule has 0 amide bonds. The van der Waals surface area contributed by atoms with Crippen LogP contribution in [0.4, 0.5) is 11.8 Å². The first kappa shape index (κ1) is 11.1. The van der Waals surface area contributed by atoms with Crippen molar-refractivity contribution in [2.24, 2.45) is 0 Å². The molecule has 1 aliphatic rings. The lowest BCUT2D eigenvalue weighted by atomic mass is 10.1. The second-order valence-electron chi connectivity index (χ2n) is 4.13. The highest BCUT2D eigenvalue weighted by atomic mass is 16.5. The molecule has 16 heavy (non-hydrogen) atoms. The van der Waals surface area contributed by atoms with E-state index >= 15 is 0 Å². The van der Waals surface area contributed by atoms with Gasteiger partial charge in [0, 0.05) is 24.9 Å². The zero-order valence-electron chi connectivity index (χ0n) is 9.57. The standard InChI is InChI=1S/C11H18N4O/c1-8-6-14-11(12)15-10(8)13-7-9-4-2-3-5-16-9/h6,9H,2-5,7H2,1H3,(H3,12,13,14,15). The Kier molecular flexibility index (Phi) is 3.56. The van der Waals surface area contributed by atoms with Crippen LogP contribution in [0.1, 0.15) is 24.8 Å². The Hall–Kier alpha value is -1.36. The van der Waals surface area contributed by atoms with Gasteiger partial charge in [-0.15, -0.1) is 0 Å². The van der Waals surface area contributed by atoms with E-state index in [2.05, 4.69) is 15.3 Å². The van der Waals surface area contributed by atoms with Crippen molar-refractivity contribution in [3.05, 3.63) is 11.8 Å². The Morgan fingerprint density at radius 3 is 3.19 bits per heavy atom. The van der Waals surface area contributed by atoms with Crippen LogP contribution in [0.2, 0.25) is 0 Å². The third-order valence-corrected chi connectivity index (χ3v) is 2.76. The van der Waals surface area contributed by atoms with Crippen molar-refractivity contribution in [1.82, 2.24) is 9.97 Å². The molecular formula is C11H18N4O. The van der Waals surface area contributed by atoms with E-state index in [1.807, 2.05) is 6.92 Å². The Balaban J connectivity index is 1.90. The zero-order valence-corrected chi connectivity index (χ0v) is 9.57. The van der Waals surface area contributed by atoms with Crippen LogP contribution in [0, 0.1) is 6.92 Å². The first-order valence-electron chi connectivity index (χ1n) is 5.70. The summed E-state index contributed by atoms with van der Waals surface area (Å²) in [5.74, 6) is 1.11. The van der Waals surface area contributed by atoms with Gasteiger partial charge in [0.05, 0.1) is 6.10 Å². The summed E-state index contributed by atoms with van der Waals surface area (Å²) in [5, 5.41) is 3.27. The number of nitrogens with zero attached hydrogens (tertiary/aromatic N) is 2. The molecule has 2 rings (SSSR count). The van der Waals surface area contributed by atoms with Crippen LogP contribution < -0.4 is 11.1 Å². The number of ether oxygens (including phenoxy) is 1. The van der Waals surface area contributed by atoms with Gasteiger partial charge in [-0.1, -0.05) is 0 Å². The van der Waals surface area contributed by atoms with Crippen LogP contribution in [0.25, 0.3) is 0 Å². The summed E-state index contributed by atoms with van der Waals surface area (Å²) in [6.07, 6.45) is 5.57. The molecule has 1 unspecified atom stereocenters. The van der Waals surface area contributed by atoms with Crippen molar-refractivity contribution in [2.75, 3.05) is 24.2 Å².